The molecule has 1 nitrogen and oxygen atoms in total. The molecule has 0 aliphatic carbocycles. The van der Waals surface area contributed by atoms with Crippen molar-refractivity contribution in [2.75, 3.05) is 6.54 Å². The van der Waals surface area contributed by atoms with Gasteiger partial charge in [-0.05, 0) is 63.1 Å². The Balaban J connectivity index is 2.37. The van der Waals surface area contributed by atoms with Crippen molar-refractivity contribution in [1.29, 1.82) is 0 Å². The Morgan fingerprint density at radius 1 is 1.30 bits per heavy atom. The van der Waals surface area contributed by atoms with E-state index in [1.807, 2.05) is 11.3 Å². The number of nitrogens with one attached hydrogen (secondary N) is 1. The fraction of sp³-hybridized carbons (Fsp3) is 0.529. The molecule has 0 aliphatic heterocycles. The lowest BCUT2D eigenvalue weighted by Gasteiger charge is -2.27. The lowest BCUT2D eigenvalue weighted by Crippen LogP contribution is -2.26. The van der Waals surface area contributed by atoms with Gasteiger partial charge in [-0.2, -0.15) is 0 Å². The van der Waals surface area contributed by atoms with Gasteiger partial charge in [0.25, 0.3) is 0 Å². The van der Waals surface area contributed by atoms with Gasteiger partial charge in [0.05, 0.1) is 0 Å². The summed E-state index contributed by atoms with van der Waals surface area (Å²) >= 11 is 5.50. The van der Waals surface area contributed by atoms with Gasteiger partial charge >= 0.3 is 0 Å². The Hall–Kier alpha value is -0.380. The largest absolute Gasteiger partial charge is 0.310 e. The summed E-state index contributed by atoms with van der Waals surface area (Å²) in [6.45, 7) is 10.3. The standard InChI is InChI=1S/C17H24BrNS/c1-5-9-19-15(10-17(2,3)4)13-11-20-16-12(13)7-6-8-14(16)18/h6-8,11,15,19H,5,9-10H2,1-4H3. The minimum atomic E-state index is 0.325. The van der Waals surface area contributed by atoms with E-state index in [0.29, 0.717) is 11.5 Å². The molecular formula is C17H24BrNS. The summed E-state index contributed by atoms with van der Waals surface area (Å²) in [6.07, 6.45) is 2.33. The van der Waals surface area contributed by atoms with Gasteiger partial charge in [0.15, 0.2) is 0 Å². The summed E-state index contributed by atoms with van der Waals surface area (Å²) in [5.41, 5.74) is 1.78. The molecular weight excluding hydrogens is 330 g/mol. The average Bonchev–Trinajstić information content (AvgIpc) is 2.78. The van der Waals surface area contributed by atoms with Crippen molar-refractivity contribution < 1.29 is 0 Å². The Bertz CT molecular complexity index is 568. The number of benzene rings is 1. The van der Waals surface area contributed by atoms with E-state index in [1.165, 1.54) is 26.5 Å². The molecule has 0 spiro atoms. The molecule has 0 saturated carbocycles. The van der Waals surface area contributed by atoms with Crippen LogP contribution in [0, 0.1) is 5.41 Å². The van der Waals surface area contributed by atoms with Crippen LogP contribution >= 0.6 is 27.3 Å². The molecule has 0 saturated heterocycles. The number of hydrogen-bond donors (Lipinski definition) is 1. The summed E-state index contributed by atoms with van der Waals surface area (Å²) in [6, 6.07) is 6.95. The van der Waals surface area contributed by atoms with Crippen LogP contribution in [0.5, 0.6) is 0 Å². The normalized spacial score (nSPS) is 13.8. The molecule has 1 unspecified atom stereocenters. The summed E-state index contributed by atoms with van der Waals surface area (Å²) in [7, 11) is 0. The van der Waals surface area contributed by atoms with Crippen molar-refractivity contribution in [2.45, 2.75) is 46.6 Å². The molecule has 0 radical (unpaired) electrons. The monoisotopic (exact) mass is 353 g/mol. The van der Waals surface area contributed by atoms with Crippen molar-refractivity contribution in [1.82, 2.24) is 5.32 Å². The highest BCUT2D eigenvalue weighted by Crippen LogP contribution is 2.38. The first-order valence-electron chi connectivity index (χ1n) is 7.31. The van der Waals surface area contributed by atoms with Crippen LogP contribution in [0.15, 0.2) is 28.1 Å². The minimum Gasteiger partial charge on any atom is -0.310 e. The SMILES string of the molecule is CCCNC(CC(C)(C)C)c1csc2c(Br)cccc12. The van der Waals surface area contributed by atoms with Crippen molar-refractivity contribution in [3.63, 3.8) is 0 Å². The van der Waals surface area contributed by atoms with Gasteiger partial charge < -0.3 is 5.32 Å². The van der Waals surface area contributed by atoms with Crippen molar-refractivity contribution >= 4 is 37.4 Å². The van der Waals surface area contributed by atoms with Crippen LogP contribution in [-0.2, 0) is 0 Å². The molecule has 1 N–H and O–H groups in total. The number of rotatable bonds is 5. The van der Waals surface area contributed by atoms with E-state index >= 15 is 0 Å². The zero-order valence-electron chi connectivity index (χ0n) is 12.8. The summed E-state index contributed by atoms with van der Waals surface area (Å²) in [4.78, 5) is 0. The van der Waals surface area contributed by atoms with Crippen LogP contribution in [0.2, 0.25) is 0 Å². The number of halogens is 1. The first-order valence-corrected chi connectivity index (χ1v) is 8.98. The molecule has 110 valence electrons. The van der Waals surface area contributed by atoms with Gasteiger partial charge in [-0.15, -0.1) is 11.3 Å². The van der Waals surface area contributed by atoms with Crippen LogP contribution in [0.25, 0.3) is 10.1 Å². The zero-order chi connectivity index (χ0) is 14.8. The molecule has 20 heavy (non-hydrogen) atoms. The first-order chi connectivity index (χ1) is 9.42. The van der Waals surface area contributed by atoms with E-state index in [0.717, 1.165) is 13.0 Å². The fourth-order valence-electron chi connectivity index (χ4n) is 2.53. The molecule has 0 bridgehead atoms. The average molecular weight is 354 g/mol. The Labute approximate surface area is 134 Å². The zero-order valence-corrected chi connectivity index (χ0v) is 15.2. The van der Waals surface area contributed by atoms with Gasteiger partial charge in [0.2, 0.25) is 0 Å². The van der Waals surface area contributed by atoms with E-state index in [9.17, 15) is 0 Å². The molecule has 3 heteroatoms. The molecule has 0 aliphatic rings. The van der Waals surface area contributed by atoms with Crippen LogP contribution in [-0.4, -0.2) is 6.54 Å². The lowest BCUT2D eigenvalue weighted by molar-refractivity contribution is 0.313. The van der Waals surface area contributed by atoms with Crippen LogP contribution in [0.3, 0.4) is 0 Å². The van der Waals surface area contributed by atoms with Gasteiger partial charge in [-0.3, -0.25) is 0 Å². The second-order valence-electron chi connectivity index (χ2n) is 6.58. The fourth-order valence-corrected chi connectivity index (χ4v) is 4.21. The van der Waals surface area contributed by atoms with Gasteiger partial charge in [-0.1, -0.05) is 39.8 Å². The predicted molar refractivity (Wildman–Crippen MR) is 94.6 cm³/mol. The molecule has 1 atom stereocenters. The minimum absolute atomic E-state index is 0.325. The lowest BCUT2D eigenvalue weighted by atomic mass is 9.85. The Morgan fingerprint density at radius 3 is 2.70 bits per heavy atom. The molecule has 0 fully saturated rings. The molecule has 2 rings (SSSR count). The van der Waals surface area contributed by atoms with Crippen LogP contribution in [0.4, 0.5) is 0 Å². The third-order valence-corrected chi connectivity index (χ3v) is 5.38. The highest BCUT2D eigenvalue weighted by Gasteiger charge is 2.22. The van der Waals surface area contributed by atoms with E-state index < -0.39 is 0 Å². The number of hydrogen-bond acceptors (Lipinski definition) is 2. The smallest absolute Gasteiger partial charge is 0.0488 e. The van der Waals surface area contributed by atoms with E-state index in [4.69, 9.17) is 0 Å². The summed E-state index contributed by atoms with van der Waals surface area (Å²) < 4.78 is 2.57. The maximum atomic E-state index is 3.73. The van der Waals surface area contributed by atoms with Gasteiger partial charge in [0, 0.05) is 15.2 Å². The number of fused-ring (bicyclic) bond motifs is 1. The van der Waals surface area contributed by atoms with Gasteiger partial charge in [-0.25, -0.2) is 0 Å². The summed E-state index contributed by atoms with van der Waals surface area (Å²) in [5.74, 6) is 0. The van der Waals surface area contributed by atoms with Crippen molar-refractivity contribution in [3.05, 3.63) is 33.6 Å². The van der Waals surface area contributed by atoms with E-state index in [2.05, 4.69) is 72.5 Å². The van der Waals surface area contributed by atoms with Crippen LogP contribution < -0.4 is 5.32 Å². The second kappa shape index (κ2) is 6.59. The predicted octanol–water partition coefficient (Wildman–Crippen LogP) is 6.14. The second-order valence-corrected chi connectivity index (χ2v) is 8.31. The topological polar surface area (TPSA) is 12.0 Å². The maximum Gasteiger partial charge on any atom is 0.0488 e. The molecule has 2 aromatic rings. The molecule has 1 heterocycles. The number of thiophene rings is 1. The molecule has 0 amide bonds. The van der Waals surface area contributed by atoms with E-state index in [-0.39, 0.29) is 0 Å². The summed E-state index contributed by atoms with van der Waals surface area (Å²) in [5, 5.41) is 7.45. The van der Waals surface area contributed by atoms with Crippen molar-refractivity contribution in [2.24, 2.45) is 5.41 Å². The van der Waals surface area contributed by atoms with Crippen LogP contribution in [0.1, 0.15) is 52.1 Å². The highest BCUT2D eigenvalue weighted by molar-refractivity contribution is 9.10. The van der Waals surface area contributed by atoms with Crippen molar-refractivity contribution in [3.8, 4) is 0 Å². The van der Waals surface area contributed by atoms with Gasteiger partial charge in [0.1, 0.15) is 0 Å². The van der Waals surface area contributed by atoms with E-state index in [1.54, 1.807) is 0 Å². The third kappa shape index (κ3) is 3.84. The first kappa shape index (κ1) is 16.0. The highest BCUT2D eigenvalue weighted by atomic mass is 79.9. The molecule has 1 aromatic heterocycles. The quantitative estimate of drug-likeness (QED) is 0.680. The molecule has 1 aromatic carbocycles. The maximum absolute atomic E-state index is 3.73. The Kier molecular flexibility index (Phi) is 5.27. The Morgan fingerprint density at radius 2 is 2.05 bits per heavy atom. The third-order valence-electron chi connectivity index (χ3n) is 3.41.